The van der Waals surface area contributed by atoms with Gasteiger partial charge in [-0.1, -0.05) is 17.2 Å². The third-order valence-electron chi connectivity index (χ3n) is 4.97. The van der Waals surface area contributed by atoms with E-state index in [4.69, 9.17) is 5.10 Å². The Hall–Kier alpha value is -2.82. The summed E-state index contributed by atoms with van der Waals surface area (Å²) in [4.78, 5) is 15.0. The summed E-state index contributed by atoms with van der Waals surface area (Å²) in [5.41, 5.74) is 4.98. The molecule has 1 aromatic carbocycles. The van der Waals surface area contributed by atoms with Gasteiger partial charge >= 0.3 is 0 Å². The first-order valence-electron chi connectivity index (χ1n) is 9.36. The standard InChI is InChI=1S/C22H26N4O/c1-15-10-16(2)12-17(11-15)21(27)25-13-18-19(14-25)23-26(22(3,4)5)20(18)24-8-6-7-9-24/h6-12H,13-14H2,1-5H3. The van der Waals surface area contributed by atoms with Gasteiger partial charge in [-0.3, -0.25) is 4.79 Å². The second-order valence-electron chi connectivity index (χ2n) is 8.46. The number of rotatable bonds is 2. The van der Waals surface area contributed by atoms with Crippen LogP contribution in [-0.4, -0.2) is 25.2 Å². The molecule has 0 fully saturated rings. The van der Waals surface area contributed by atoms with Crippen LogP contribution in [0.3, 0.4) is 0 Å². The number of carbonyl (C=O) groups excluding carboxylic acids is 1. The van der Waals surface area contributed by atoms with Crippen molar-refractivity contribution in [1.82, 2.24) is 19.2 Å². The number of amides is 1. The van der Waals surface area contributed by atoms with Gasteiger partial charge < -0.3 is 9.47 Å². The van der Waals surface area contributed by atoms with Gasteiger partial charge in [0.05, 0.1) is 24.3 Å². The zero-order chi connectivity index (χ0) is 19.3. The Bertz CT molecular complexity index is 986. The predicted octanol–water partition coefficient (Wildman–Crippen LogP) is 4.20. The van der Waals surface area contributed by atoms with Crippen molar-refractivity contribution < 1.29 is 4.79 Å². The Balaban J connectivity index is 1.71. The maximum atomic E-state index is 13.1. The summed E-state index contributed by atoms with van der Waals surface area (Å²) >= 11 is 0. The number of fused-ring (bicyclic) bond motifs is 1. The summed E-state index contributed by atoms with van der Waals surface area (Å²) in [6.45, 7) is 11.7. The highest BCUT2D eigenvalue weighted by Crippen LogP contribution is 2.32. The molecule has 0 aliphatic carbocycles. The highest BCUT2D eigenvalue weighted by molar-refractivity contribution is 5.95. The van der Waals surface area contributed by atoms with Gasteiger partial charge in [-0.05, 0) is 58.9 Å². The highest BCUT2D eigenvalue weighted by atomic mass is 16.2. The average Bonchev–Trinajstić information content (AvgIpc) is 3.27. The van der Waals surface area contributed by atoms with Crippen molar-refractivity contribution in [2.75, 3.05) is 0 Å². The number of hydrogen-bond acceptors (Lipinski definition) is 2. The van der Waals surface area contributed by atoms with Crippen LogP contribution in [-0.2, 0) is 18.6 Å². The molecule has 1 aliphatic heterocycles. The van der Waals surface area contributed by atoms with E-state index in [2.05, 4.69) is 36.1 Å². The average molecular weight is 362 g/mol. The van der Waals surface area contributed by atoms with Crippen LogP contribution in [0.15, 0.2) is 42.7 Å². The molecule has 0 bridgehead atoms. The quantitative estimate of drug-likeness (QED) is 0.686. The smallest absolute Gasteiger partial charge is 0.254 e. The predicted molar refractivity (Wildman–Crippen MR) is 106 cm³/mol. The number of aromatic nitrogens is 3. The van der Waals surface area contributed by atoms with E-state index in [1.54, 1.807) is 0 Å². The molecule has 0 saturated carbocycles. The maximum Gasteiger partial charge on any atom is 0.254 e. The number of benzene rings is 1. The minimum absolute atomic E-state index is 0.0700. The molecule has 1 amide bonds. The molecule has 3 heterocycles. The summed E-state index contributed by atoms with van der Waals surface area (Å²) in [7, 11) is 0. The van der Waals surface area contributed by atoms with Gasteiger partial charge in [0.2, 0.25) is 0 Å². The SMILES string of the molecule is Cc1cc(C)cc(C(=O)N2Cc3nn(C(C)(C)C)c(-n4cccc4)c3C2)c1. The van der Waals surface area contributed by atoms with E-state index in [0.717, 1.165) is 33.8 Å². The van der Waals surface area contributed by atoms with Gasteiger partial charge in [0.25, 0.3) is 5.91 Å². The van der Waals surface area contributed by atoms with E-state index >= 15 is 0 Å². The van der Waals surface area contributed by atoms with Crippen molar-refractivity contribution in [2.45, 2.75) is 53.2 Å². The van der Waals surface area contributed by atoms with E-state index in [0.29, 0.717) is 13.1 Å². The molecule has 2 aromatic heterocycles. The zero-order valence-electron chi connectivity index (χ0n) is 16.7. The molecule has 0 N–H and O–H groups in total. The lowest BCUT2D eigenvalue weighted by atomic mass is 10.1. The van der Waals surface area contributed by atoms with Crippen LogP contribution in [0.4, 0.5) is 0 Å². The van der Waals surface area contributed by atoms with Crippen molar-refractivity contribution >= 4 is 5.91 Å². The third-order valence-corrected chi connectivity index (χ3v) is 4.97. The van der Waals surface area contributed by atoms with Crippen LogP contribution in [0.2, 0.25) is 0 Å². The minimum Gasteiger partial charge on any atom is -0.328 e. The first-order chi connectivity index (χ1) is 12.7. The fourth-order valence-corrected chi connectivity index (χ4v) is 3.83. The van der Waals surface area contributed by atoms with Gasteiger partial charge in [-0.15, -0.1) is 0 Å². The number of carbonyl (C=O) groups is 1. The zero-order valence-corrected chi connectivity index (χ0v) is 16.7. The second-order valence-corrected chi connectivity index (χ2v) is 8.46. The van der Waals surface area contributed by atoms with Gasteiger partial charge in [-0.2, -0.15) is 5.10 Å². The van der Waals surface area contributed by atoms with E-state index in [1.165, 1.54) is 0 Å². The molecule has 27 heavy (non-hydrogen) atoms. The molecular weight excluding hydrogens is 336 g/mol. The molecule has 0 radical (unpaired) electrons. The lowest BCUT2D eigenvalue weighted by molar-refractivity contribution is 0.0748. The van der Waals surface area contributed by atoms with Crippen LogP contribution >= 0.6 is 0 Å². The van der Waals surface area contributed by atoms with Crippen LogP contribution in [0.5, 0.6) is 0 Å². The molecule has 0 unspecified atom stereocenters. The minimum atomic E-state index is -0.133. The second kappa shape index (κ2) is 6.12. The highest BCUT2D eigenvalue weighted by Gasteiger charge is 2.34. The summed E-state index contributed by atoms with van der Waals surface area (Å²) in [5, 5.41) is 4.88. The van der Waals surface area contributed by atoms with Crippen LogP contribution in [0.1, 0.15) is 53.5 Å². The summed E-state index contributed by atoms with van der Waals surface area (Å²) in [6, 6.07) is 10.1. The van der Waals surface area contributed by atoms with Crippen LogP contribution < -0.4 is 0 Å². The van der Waals surface area contributed by atoms with E-state index in [9.17, 15) is 4.79 Å². The van der Waals surface area contributed by atoms with Crippen molar-refractivity contribution in [2.24, 2.45) is 0 Å². The van der Waals surface area contributed by atoms with Gasteiger partial charge in [0.1, 0.15) is 5.82 Å². The van der Waals surface area contributed by atoms with E-state index < -0.39 is 0 Å². The Labute approximate surface area is 160 Å². The lowest BCUT2D eigenvalue weighted by Crippen LogP contribution is -2.29. The number of nitrogens with zero attached hydrogens (tertiary/aromatic N) is 4. The topological polar surface area (TPSA) is 43.1 Å². The van der Waals surface area contributed by atoms with Crippen molar-refractivity contribution in [3.8, 4) is 5.82 Å². The maximum absolute atomic E-state index is 13.1. The van der Waals surface area contributed by atoms with Gasteiger partial charge in [-0.25, -0.2) is 4.68 Å². The fraction of sp³-hybridized carbons (Fsp3) is 0.364. The van der Waals surface area contributed by atoms with Crippen molar-refractivity contribution in [1.29, 1.82) is 0 Å². The lowest BCUT2D eigenvalue weighted by Gasteiger charge is -2.24. The molecule has 0 atom stereocenters. The molecule has 4 rings (SSSR count). The van der Waals surface area contributed by atoms with Crippen LogP contribution in [0, 0.1) is 13.8 Å². The molecule has 140 valence electrons. The molecule has 3 aromatic rings. The summed E-state index contributed by atoms with van der Waals surface area (Å²) in [6.07, 6.45) is 4.07. The van der Waals surface area contributed by atoms with Crippen LogP contribution in [0.25, 0.3) is 5.82 Å². The Morgan fingerprint density at radius 2 is 1.63 bits per heavy atom. The van der Waals surface area contributed by atoms with Crippen molar-refractivity contribution in [3.63, 3.8) is 0 Å². The number of hydrogen-bond donors (Lipinski definition) is 0. The molecule has 5 nitrogen and oxygen atoms in total. The fourth-order valence-electron chi connectivity index (χ4n) is 3.83. The Morgan fingerprint density at radius 3 is 2.22 bits per heavy atom. The largest absolute Gasteiger partial charge is 0.328 e. The van der Waals surface area contributed by atoms with Gasteiger partial charge in [0.15, 0.2) is 0 Å². The number of aryl methyl sites for hydroxylation is 2. The van der Waals surface area contributed by atoms with Gasteiger partial charge in [0, 0.05) is 23.5 Å². The monoisotopic (exact) mass is 362 g/mol. The Kier molecular flexibility index (Phi) is 3.98. The summed E-state index contributed by atoms with van der Waals surface area (Å²) < 4.78 is 4.18. The van der Waals surface area contributed by atoms with Crippen molar-refractivity contribution in [3.05, 3.63) is 70.7 Å². The van der Waals surface area contributed by atoms with E-state index in [1.807, 2.05) is 55.4 Å². The van der Waals surface area contributed by atoms with E-state index in [-0.39, 0.29) is 11.4 Å². The summed E-state index contributed by atoms with van der Waals surface area (Å²) in [5.74, 6) is 1.12. The molecule has 0 saturated heterocycles. The first-order valence-corrected chi connectivity index (χ1v) is 9.36. The molecule has 5 heteroatoms. The molecular formula is C22H26N4O. The molecule has 1 aliphatic rings. The molecule has 0 spiro atoms. The normalized spacial score (nSPS) is 13.9. The third kappa shape index (κ3) is 3.07. The Morgan fingerprint density at radius 1 is 1.00 bits per heavy atom. The first kappa shape index (κ1) is 17.6.